The molecule has 2 unspecified atom stereocenters. The van der Waals surface area contributed by atoms with Crippen LogP contribution in [0, 0.1) is 5.92 Å². The predicted molar refractivity (Wildman–Crippen MR) is 71.0 cm³/mol. The number of ketones is 1. The van der Waals surface area contributed by atoms with Crippen LogP contribution in [0.4, 0.5) is 0 Å². The van der Waals surface area contributed by atoms with Gasteiger partial charge in [-0.25, -0.2) is 0 Å². The van der Waals surface area contributed by atoms with Gasteiger partial charge in [-0.2, -0.15) is 0 Å². The minimum Gasteiger partial charge on any atom is -0.370 e. The van der Waals surface area contributed by atoms with E-state index in [1.54, 1.807) is 19.2 Å². The molecule has 1 heterocycles. The van der Waals surface area contributed by atoms with Crippen molar-refractivity contribution in [1.29, 1.82) is 0 Å². The summed E-state index contributed by atoms with van der Waals surface area (Å²) in [6, 6.07) is 3.57. The third-order valence-electron chi connectivity index (χ3n) is 3.56. The Morgan fingerprint density at radius 1 is 1.59 bits per heavy atom. The van der Waals surface area contributed by atoms with E-state index in [0.717, 1.165) is 19.3 Å². The van der Waals surface area contributed by atoms with Crippen LogP contribution in [-0.2, 0) is 4.74 Å². The van der Waals surface area contributed by atoms with Gasteiger partial charge in [0, 0.05) is 7.11 Å². The minimum absolute atomic E-state index is 0.100. The predicted octanol–water partition coefficient (Wildman–Crippen LogP) is 4.18. The Labute approximate surface area is 111 Å². The zero-order valence-electron chi connectivity index (χ0n) is 10.2. The molecule has 1 saturated carbocycles. The number of rotatable bonds is 3. The molecule has 4 heteroatoms. The molecule has 0 spiro atoms. The highest BCUT2D eigenvalue weighted by molar-refractivity contribution is 7.18. The molecule has 17 heavy (non-hydrogen) atoms. The highest BCUT2D eigenvalue weighted by Crippen LogP contribution is 2.38. The molecule has 1 aliphatic carbocycles. The van der Waals surface area contributed by atoms with E-state index in [1.165, 1.54) is 17.8 Å². The lowest BCUT2D eigenvalue weighted by Crippen LogP contribution is -2.44. The summed E-state index contributed by atoms with van der Waals surface area (Å²) in [5.41, 5.74) is -0.619. The smallest absolute Gasteiger partial charge is 0.204 e. The highest BCUT2D eigenvalue weighted by atomic mass is 35.5. The first-order valence-corrected chi connectivity index (χ1v) is 7.12. The molecule has 2 rings (SSSR count). The Morgan fingerprint density at radius 3 is 2.88 bits per heavy atom. The molecule has 94 valence electrons. The topological polar surface area (TPSA) is 26.3 Å². The zero-order chi connectivity index (χ0) is 12.5. The van der Waals surface area contributed by atoms with E-state index in [4.69, 9.17) is 16.3 Å². The van der Waals surface area contributed by atoms with Crippen LogP contribution in [0.5, 0.6) is 0 Å². The maximum Gasteiger partial charge on any atom is 0.204 e. The average Bonchev–Trinajstić information content (AvgIpc) is 2.74. The number of carbonyl (C=O) groups is 1. The third-order valence-corrected chi connectivity index (χ3v) is 4.79. The Kier molecular flexibility index (Phi) is 3.91. The van der Waals surface area contributed by atoms with E-state index >= 15 is 0 Å². The number of carbonyl (C=O) groups excluding carboxylic acids is 1. The lowest BCUT2D eigenvalue weighted by atomic mass is 9.76. The monoisotopic (exact) mass is 272 g/mol. The lowest BCUT2D eigenvalue weighted by Gasteiger charge is -2.37. The summed E-state index contributed by atoms with van der Waals surface area (Å²) < 4.78 is 6.24. The number of Topliss-reactive ketones (excluding diaryl/α,β-unsaturated/α-hetero) is 1. The number of thiophene rings is 1. The summed E-state index contributed by atoms with van der Waals surface area (Å²) in [5, 5.41) is 0. The molecule has 0 bridgehead atoms. The first-order chi connectivity index (χ1) is 8.07. The van der Waals surface area contributed by atoms with Gasteiger partial charge in [0.15, 0.2) is 0 Å². The fourth-order valence-electron chi connectivity index (χ4n) is 2.65. The lowest BCUT2D eigenvalue weighted by molar-refractivity contribution is -0.0299. The van der Waals surface area contributed by atoms with E-state index in [0.29, 0.717) is 15.1 Å². The molecule has 1 fully saturated rings. The van der Waals surface area contributed by atoms with Gasteiger partial charge in [0.25, 0.3) is 0 Å². The van der Waals surface area contributed by atoms with Crippen LogP contribution < -0.4 is 0 Å². The first-order valence-electron chi connectivity index (χ1n) is 5.93. The normalized spacial score (nSPS) is 29.2. The molecule has 0 amide bonds. The van der Waals surface area contributed by atoms with E-state index in [1.807, 2.05) is 0 Å². The minimum atomic E-state index is -0.619. The number of hydrogen-bond acceptors (Lipinski definition) is 3. The van der Waals surface area contributed by atoms with Gasteiger partial charge in [-0.1, -0.05) is 24.9 Å². The second kappa shape index (κ2) is 5.09. The van der Waals surface area contributed by atoms with Crippen molar-refractivity contribution in [1.82, 2.24) is 0 Å². The Balaban J connectivity index is 2.25. The van der Waals surface area contributed by atoms with Crippen LogP contribution in [0.2, 0.25) is 4.34 Å². The molecular formula is C13H17ClO2S. The molecule has 0 N–H and O–H groups in total. The van der Waals surface area contributed by atoms with Crippen LogP contribution >= 0.6 is 22.9 Å². The fraction of sp³-hybridized carbons (Fsp3) is 0.615. The molecule has 0 saturated heterocycles. The van der Waals surface area contributed by atoms with Gasteiger partial charge in [-0.05, 0) is 37.3 Å². The summed E-state index contributed by atoms with van der Waals surface area (Å²) in [4.78, 5) is 13.3. The largest absolute Gasteiger partial charge is 0.370 e. The highest BCUT2D eigenvalue weighted by Gasteiger charge is 2.42. The van der Waals surface area contributed by atoms with Gasteiger partial charge in [-0.3, -0.25) is 4.79 Å². The van der Waals surface area contributed by atoms with Crippen LogP contribution in [-0.4, -0.2) is 18.5 Å². The number of ether oxygens (including phenoxy) is 1. The summed E-state index contributed by atoms with van der Waals surface area (Å²) in [5.74, 6) is 0.645. The van der Waals surface area contributed by atoms with E-state index in [9.17, 15) is 4.79 Å². The van der Waals surface area contributed by atoms with Crippen molar-refractivity contribution in [2.45, 2.75) is 38.2 Å². The van der Waals surface area contributed by atoms with Gasteiger partial charge in [0.05, 0.1) is 9.21 Å². The average molecular weight is 273 g/mol. The fourth-order valence-corrected chi connectivity index (χ4v) is 3.72. The summed E-state index contributed by atoms with van der Waals surface area (Å²) in [7, 11) is 1.64. The summed E-state index contributed by atoms with van der Waals surface area (Å²) in [6.07, 6.45) is 3.88. The van der Waals surface area contributed by atoms with Crippen LogP contribution in [0.25, 0.3) is 0 Å². The molecule has 0 aromatic carbocycles. The van der Waals surface area contributed by atoms with Crippen molar-refractivity contribution < 1.29 is 9.53 Å². The van der Waals surface area contributed by atoms with Gasteiger partial charge in [-0.15, -0.1) is 11.3 Å². The van der Waals surface area contributed by atoms with Crippen molar-refractivity contribution in [2.75, 3.05) is 7.11 Å². The van der Waals surface area contributed by atoms with Crippen molar-refractivity contribution in [3.63, 3.8) is 0 Å². The van der Waals surface area contributed by atoms with Gasteiger partial charge in [0.1, 0.15) is 5.60 Å². The first kappa shape index (κ1) is 13.1. The number of methoxy groups -OCH3 is 1. The molecule has 1 aromatic rings. The van der Waals surface area contributed by atoms with Gasteiger partial charge >= 0.3 is 0 Å². The number of hydrogen-bond donors (Lipinski definition) is 0. The third kappa shape index (κ3) is 2.56. The van der Waals surface area contributed by atoms with E-state index < -0.39 is 5.60 Å². The van der Waals surface area contributed by atoms with Gasteiger partial charge in [0.2, 0.25) is 5.78 Å². The molecule has 0 aliphatic heterocycles. The Bertz CT molecular complexity index is 415. The Morgan fingerprint density at radius 2 is 2.35 bits per heavy atom. The second-order valence-electron chi connectivity index (χ2n) is 4.83. The SMILES string of the molecule is COC1(C(=O)c2ccc(Cl)s2)CCCC(C)C1. The molecular weight excluding hydrogens is 256 g/mol. The van der Waals surface area contributed by atoms with Gasteiger partial charge < -0.3 is 4.74 Å². The van der Waals surface area contributed by atoms with Crippen LogP contribution in [0.3, 0.4) is 0 Å². The molecule has 1 aliphatic rings. The molecule has 2 nitrogen and oxygen atoms in total. The second-order valence-corrected chi connectivity index (χ2v) is 6.55. The molecule has 2 atom stereocenters. The van der Waals surface area contributed by atoms with Crippen molar-refractivity contribution in [3.05, 3.63) is 21.3 Å². The summed E-state index contributed by atoms with van der Waals surface area (Å²) in [6.45, 7) is 2.18. The zero-order valence-corrected chi connectivity index (χ0v) is 11.7. The molecule has 1 aromatic heterocycles. The standard InChI is InChI=1S/C13H17ClO2S/c1-9-4-3-7-13(8-9,16-2)12(15)10-5-6-11(14)17-10/h5-6,9H,3-4,7-8H2,1-2H3. The quantitative estimate of drug-likeness (QED) is 0.772. The Hall–Kier alpha value is -0.380. The molecule has 0 radical (unpaired) electrons. The van der Waals surface area contributed by atoms with Crippen LogP contribution in [0.1, 0.15) is 42.3 Å². The van der Waals surface area contributed by atoms with Crippen molar-refractivity contribution in [3.8, 4) is 0 Å². The maximum absolute atomic E-state index is 12.5. The van der Waals surface area contributed by atoms with E-state index in [2.05, 4.69) is 6.92 Å². The van der Waals surface area contributed by atoms with Crippen molar-refractivity contribution in [2.24, 2.45) is 5.92 Å². The van der Waals surface area contributed by atoms with E-state index in [-0.39, 0.29) is 5.78 Å². The van der Waals surface area contributed by atoms with Crippen molar-refractivity contribution >= 4 is 28.7 Å². The van der Waals surface area contributed by atoms with Crippen LogP contribution in [0.15, 0.2) is 12.1 Å². The summed E-state index contributed by atoms with van der Waals surface area (Å²) >= 11 is 7.23. The number of halogens is 1. The maximum atomic E-state index is 12.5.